The number of nitrogens with zero attached hydrogens (tertiary/aromatic N) is 1. The third-order valence-corrected chi connectivity index (χ3v) is 6.57. The molecule has 0 saturated carbocycles. The summed E-state index contributed by atoms with van der Waals surface area (Å²) >= 11 is 0. The van der Waals surface area contributed by atoms with Crippen LogP contribution in [0.3, 0.4) is 0 Å². The van der Waals surface area contributed by atoms with Gasteiger partial charge in [-0.1, -0.05) is 18.2 Å². The minimum absolute atomic E-state index is 0.0360. The van der Waals surface area contributed by atoms with Gasteiger partial charge >= 0.3 is 5.97 Å². The van der Waals surface area contributed by atoms with E-state index in [0.717, 1.165) is 0 Å². The van der Waals surface area contributed by atoms with E-state index in [1.807, 2.05) is 0 Å². The Balaban J connectivity index is 2.07. The average molecular weight is 407 g/mol. The highest BCUT2D eigenvalue weighted by molar-refractivity contribution is 7.89. The molecule has 2 aromatic carbocycles. The van der Waals surface area contributed by atoms with Crippen molar-refractivity contribution in [3.05, 3.63) is 47.5 Å². The van der Waals surface area contributed by atoms with Crippen LogP contribution in [0.5, 0.6) is 17.2 Å². The first-order chi connectivity index (χ1) is 13.3. The molecule has 28 heavy (non-hydrogen) atoms. The van der Waals surface area contributed by atoms with E-state index < -0.39 is 22.0 Å². The van der Waals surface area contributed by atoms with Crippen LogP contribution in [0.25, 0.3) is 0 Å². The third-order valence-electron chi connectivity index (χ3n) is 4.64. The molecule has 0 spiro atoms. The number of carboxylic acids is 1. The minimum Gasteiger partial charge on any atom is -0.493 e. The lowest BCUT2D eigenvalue weighted by Crippen LogP contribution is -2.29. The van der Waals surface area contributed by atoms with Crippen molar-refractivity contribution < 1.29 is 32.5 Å². The molecule has 0 amide bonds. The molecular weight excluding hydrogens is 386 g/mol. The Kier molecular flexibility index (Phi) is 5.48. The van der Waals surface area contributed by atoms with Gasteiger partial charge in [0, 0.05) is 6.54 Å². The average Bonchev–Trinajstić information content (AvgIpc) is 2.88. The fourth-order valence-corrected chi connectivity index (χ4v) is 5.27. The summed E-state index contributed by atoms with van der Waals surface area (Å²) < 4.78 is 43.3. The van der Waals surface area contributed by atoms with Crippen molar-refractivity contribution in [2.24, 2.45) is 0 Å². The molecular formula is C19H21NO7S. The zero-order valence-corrected chi connectivity index (χ0v) is 16.5. The number of aliphatic carboxylic acids is 1. The van der Waals surface area contributed by atoms with Crippen LogP contribution in [0.2, 0.25) is 0 Å². The Morgan fingerprint density at radius 1 is 1.07 bits per heavy atom. The molecule has 0 radical (unpaired) electrons. The summed E-state index contributed by atoms with van der Waals surface area (Å²) in [7, 11) is 0.578. The van der Waals surface area contributed by atoms with Gasteiger partial charge in [-0.15, -0.1) is 0 Å². The molecule has 2 aromatic rings. The molecule has 0 bridgehead atoms. The maximum absolute atomic E-state index is 13.1. The molecule has 1 atom stereocenters. The van der Waals surface area contributed by atoms with E-state index in [2.05, 4.69) is 0 Å². The number of methoxy groups -OCH3 is 3. The summed E-state index contributed by atoms with van der Waals surface area (Å²) in [5, 5.41) is 9.31. The summed E-state index contributed by atoms with van der Waals surface area (Å²) in [6.07, 6.45) is -0.333. The van der Waals surface area contributed by atoms with E-state index in [1.54, 1.807) is 30.3 Å². The van der Waals surface area contributed by atoms with Crippen molar-refractivity contribution in [1.82, 2.24) is 4.31 Å². The number of benzene rings is 2. The monoisotopic (exact) mass is 407 g/mol. The number of hydrogen-bond acceptors (Lipinski definition) is 6. The highest BCUT2D eigenvalue weighted by Crippen LogP contribution is 2.44. The lowest BCUT2D eigenvalue weighted by molar-refractivity contribution is -0.138. The van der Waals surface area contributed by atoms with Crippen LogP contribution in [0, 0.1) is 0 Å². The van der Waals surface area contributed by atoms with Gasteiger partial charge in [-0.05, 0) is 29.3 Å². The highest BCUT2D eigenvalue weighted by atomic mass is 32.2. The van der Waals surface area contributed by atoms with Crippen LogP contribution in [-0.4, -0.2) is 45.1 Å². The lowest BCUT2D eigenvalue weighted by Gasteiger charge is -2.23. The van der Waals surface area contributed by atoms with E-state index >= 15 is 0 Å². The van der Waals surface area contributed by atoms with Gasteiger partial charge in [0.05, 0.1) is 38.7 Å². The van der Waals surface area contributed by atoms with E-state index in [-0.39, 0.29) is 17.9 Å². The predicted molar refractivity (Wildman–Crippen MR) is 100 cm³/mol. The van der Waals surface area contributed by atoms with Gasteiger partial charge in [-0.25, -0.2) is 8.42 Å². The molecule has 1 heterocycles. The van der Waals surface area contributed by atoms with Crippen LogP contribution >= 0.6 is 0 Å². The van der Waals surface area contributed by atoms with Crippen molar-refractivity contribution >= 4 is 16.0 Å². The van der Waals surface area contributed by atoms with Crippen molar-refractivity contribution in [1.29, 1.82) is 0 Å². The molecule has 1 aliphatic rings. The van der Waals surface area contributed by atoms with Crippen molar-refractivity contribution in [3.8, 4) is 17.2 Å². The van der Waals surface area contributed by atoms with Gasteiger partial charge < -0.3 is 19.3 Å². The fraction of sp³-hybridized carbons (Fsp3) is 0.316. The van der Waals surface area contributed by atoms with Crippen LogP contribution in [0.4, 0.5) is 0 Å². The second-order valence-electron chi connectivity index (χ2n) is 6.24. The number of carboxylic acid groups (broad SMARTS) is 1. The zero-order chi connectivity index (χ0) is 20.5. The van der Waals surface area contributed by atoms with Crippen LogP contribution < -0.4 is 14.2 Å². The Labute approximate surface area is 163 Å². The Morgan fingerprint density at radius 3 is 2.21 bits per heavy atom. The minimum atomic E-state index is -3.84. The number of rotatable bonds is 7. The topological polar surface area (TPSA) is 102 Å². The van der Waals surface area contributed by atoms with Crippen LogP contribution in [0.15, 0.2) is 41.3 Å². The number of hydrogen-bond donors (Lipinski definition) is 1. The zero-order valence-electron chi connectivity index (χ0n) is 15.7. The van der Waals surface area contributed by atoms with Gasteiger partial charge in [0.25, 0.3) is 0 Å². The van der Waals surface area contributed by atoms with Crippen LogP contribution in [-0.2, 0) is 21.4 Å². The second kappa shape index (κ2) is 7.69. The molecule has 3 rings (SSSR count). The van der Waals surface area contributed by atoms with Crippen molar-refractivity contribution in [3.63, 3.8) is 0 Å². The second-order valence-corrected chi connectivity index (χ2v) is 8.09. The van der Waals surface area contributed by atoms with Gasteiger partial charge in [0.2, 0.25) is 15.8 Å². The standard InChI is InChI=1S/C19H21NO7S/c1-25-15-8-12(9-16(26-2)19(15)27-3)11-20-14(10-18(21)22)13-6-4-5-7-17(13)28(20,23)24/h4-9,14H,10-11H2,1-3H3,(H,21,22)/t14-/m0/s1. The van der Waals surface area contributed by atoms with Crippen molar-refractivity contribution in [2.75, 3.05) is 21.3 Å². The van der Waals surface area contributed by atoms with E-state index in [0.29, 0.717) is 28.4 Å². The Bertz CT molecular complexity index is 978. The maximum Gasteiger partial charge on any atom is 0.305 e. The Morgan fingerprint density at radius 2 is 1.68 bits per heavy atom. The number of fused-ring (bicyclic) bond motifs is 1. The normalized spacial score (nSPS) is 17.8. The quantitative estimate of drug-likeness (QED) is 0.752. The van der Waals surface area contributed by atoms with Gasteiger partial charge in [-0.2, -0.15) is 4.31 Å². The van der Waals surface area contributed by atoms with E-state index in [9.17, 15) is 18.3 Å². The van der Waals surface area contributed by atoms with Gasteiger partial charge in [0.1, 0.15) is 0 Å². The Hall–Kier alpha value is -2.78. The molecule has 9 heteroatoms. The summed E-state index contributed by atoms with van der Waals surface area (Å²) in [4.78, 5) is 11.5. The summed E-state index contributed by atoms with van der Waals surface area (Å²) in [6.45, 7) is -0.0360. The third kappa shape index (κ3) is 3.38. The summed E-state index contributed by atoms with van der Waals surface area (Å²) in [5.41, 5.74) is 1.07. The number of sulfonamides is 1. The number of carbonyl (C=O) groups is 1. The molecule has 0 aliphatic carbocycles. The fourth-order valence-electron chi connectivity index (χ4n) is 3.42. The summed E-state index contributed by atoms with van der Waals surface area (Å²) in [6, 6.07) is 8.97. The largest absolute Gasteiger partial charge is 0.493 e. The summed E-state index contributed by atoms with van der Waals surface area (Å²) in [5.74, 6) is 0.0942. The number of ether oxygens (including phenoxy) is 3. The molecule has 150 valence electrons. The molecule has 1 N–H and O–H groups in total. The van der Waals surface area contributed by atoms with E-state index in [4.69, 9.17) is 14.2 Å². The first-order valence-corrected chi connectivity index (χ1v) is 9.89. The first-order valence-electron chi connectivity index (χ1n) is 8.45. The highest BCUT2D eigenvalue weighted by Gasteiger charge is 2.43. The molecule has 8 nitrogen and oxygen atoms in total. The van der Waals surface area contributed by atoms with E-state index in [1.165, 1.54) is 31.7 Å². The maximum atomic E-state index is 13.1. The van der Waals surface area contributed by atoms with Crippen molar-refractivity contribution in [2.45, 2.75) is 23.9 Å². The van der Waals surface area contributed by atoms with Crippen LogP contribution in [0.1, 0.15) is 23.6 Å². The molecule has 0 aromatic heterocycles. The SMILES string of the molecule is COc1cc(CN2[C@@H](CC(=O)O)c3ccccc3S2(=O)=O)cc(OC)c1OC. The predicted octanol–water partition coefficient (Wildman–Crippen LogP) is 2.43. The van der Waals surface area contributed by atoms with Gasteiger partial charge in [0.15, 0.2) is 11.5 Å². The molecule has 0 fully saturated rings. The molecule has 0 saturated heterocycles. The molecule has 0 unspecified atom stereocenters. The van der Waals surface area contributed by atoms with Gasteiger partial charge in [-0.3, -0.25) is 4.79 Å². The smallest absolute Gasteiger partial charge is 0.305 e. The first kappa shape index (κ1) is 20.0. The lowest BCUT2D eigenvalue weighted by atomic mass is 10.0. The molecule has 1 aliphatic heterocycles.